The van der Waals surface area contributed by atoms with E-state index in [1.165, 1.54) is 18.5 Å². The van der Waals surface area contributed by atoms with Crippen molar-refractivity contribution >= 4 is 28.9 Å². The largest absolute Gasteiger partial charge is 0.486 e. The van der Waals surface area contributed by atoms with Gasteiger partial charge >= 0.3 is 0 Å². The topological polar surface area (TPSA) is 116 Å². The van der Waals surface area contributed by atoms with Crippen molar-refractivity contribution < 1.29 is 22.7 Å². The van der Waals surface area contributed by atoms with Crippen LogP contribution >= 0.6 is 11.6 Å². The van der Waals surface area contributed by atoms with E-state index >= 15 is 0 Å². The number of pyridine rings is 2. The van der Waals surface area contributed by atoms with Crippen LogP contribution < -0.4 is 21.5 Å². The summed E-state index contributed by atoms with van der Waals surface area (Å²) >= 11 is 5.78. The summed E-state index contributed by atoms with van der Waals surface area (Å²) in [5, 5.41) is 2.49. The summed E-state index contributed by atoms with van der Waals surface area (Å²) < 4.78 is 48.2. The molecule has 0 saturated carbocycles. The Morgan fingerprint density at radius 3 is 2.55 bits per heavy atom. The molecule has 31 heavy (non-hydrogen) atoms. The summed E-state index contributed by atoms with van der Waals surface area (Å²) in [6, 6.07) is 5.25. The first-order chi connectivity index (χ1) is 14.8. The van der Waals surface area contributed by atoms with Crippen LogP contribution in [0, 0.1) is 17.5 Å². The summed E-state index contributed by atoms with van der Waals surface area (Å²) in [7, 11) is 0. The molecule has 2 heterocycles. The van der Waals surface area contributed by atoms with E-state index in [0.717, 1.165) is 24.3 Å². The van der Waals surface area contributed by atoms with E-state index in [0.29, 0.717) is 0 Å². The molecular weight excluding hydrogens is 435 g/mol. The third-order valence-electron chi connectivity index (χ3n) is 4.18. The van der Waals surface area contributed by atoms with Crippen molar-refractivity contribution in [3.63, 3.8) is 0 Å². The van der Waals surface area contributed by atoms with Crippen LogP contribution in [0.15, 0.2) is 42.7 Å². The Morgan fingerprint density at radius 2 is 1.90 bits per heavy atom. The molecule has 0 spiro atoms. The molecule has 2 aromatic heterocycles. The molecule has 3 rings (SSSR count). The quantitative estimate of drug-likeness (QED) is 0.474. The van der Waals surface area contributed by atoms with Gasteiger partial charge in [0.25, 0.3) is 5.91 Å². The molecule has 162 valence electrons. The predicted molar refractivity (Wildman–Crippen MR) is 110 cm³/mol. The van der Waals surface area contributed by atoms with Gasteiger partial charge in [-0.2, -0.15) is 0 Å². The van der Waals surface area contributed by atoms with E-state index in [-0.39, 0.29) is 29.5 Å². The number of nitrogens with one attached hydrogen (secondary N) is 1. The highest BCUT2D eigenvalue weighted by molar-refractivity contribution is 6.18. The molecule has 1 unspecified atom stereocenters. The molecule has 0 aliphatic carbocycles. The zero-order valence-electron chi connectivity index (χ0n) is 15.9. The Hall–Kier alpha value is -3.37. The fourth-order valence-electron chi connectivity index (χ4n) is 2.67. The smallest absolute Gasteiger partial charge is 0.276 e. The highest BCUT2D eigenvalue weighted by atomic mass is 35.5. The number of alkyl halides is 1. The number of carbonyl (C=O) groups excluding carboxylic acids is 1. The van der Waals surface area contributed by atoms with Crippen LogP contribution in [-0.4, -0.2) is 34.4 Å². The van der Waals surface area contributed by atoms with E-state index in [1.807, 2.05) is 0 Å². The molecule has 0 radical (unpaired) electrons. The number of hydrogen-bond acceptors (Lipinski definition) is 6. The van der Waals surface area contributed by atoms with Gasteiger partial charge in [0.15, 0.2) is 11.5 Å². The lowest BCUT2D eigenvalue weighted by Crippen LogP contribution is -2.28. The standard InChI is InChI=1S/C20H17ClF3N5O2/c21-7-10(8-25)31-16-4-5-27-9-15(16)28-20(30)19-14(26)6-13(24)18(29-19)17-11(22)2-1-3-12(17)23/h1-6,9-10H,7-8,25-26H2,(H,28,30). The van der Waals surface area contributed by atoms with Crippen LogP contribution in [0.5, 0.6) is 5.75 Å². The second-order valence-electron chi connectivity index (χ2n) is 6.31. The van der Waals surface area contributed by atoms with E-state index in [1.54, 1.807) is 0 Å². The van der Waals surface area contributed by atoms with Crippen molar-refractivity contribution in [1.29, 1.82) is 0 Å². The first kappa shape index (κ1) is 22.3. The van der Waals surface area contributed by atoms with E-state index in [4.69, 9.17) is 27.8 Å². The highest BCUT2D eigenvalue weighted by Gasteiger charge is 2.23. The van der Waals surface area contributed by atoms with Crippen LogP contribution in [0.4, 0.5) is 24.5 Å². The van der Waals surface area contributed by atoms with Crippen molar-refractivity contribution in [3.05, 3.63) is 65.9 Å². The van der Waals surface area contributed by atoms with Crippen molar-refractivity contribution in [1.82, 2.24) is 9.97 Å². The van der Waals surface area contributed by atoms with Crippen LogP contribution in [0.1, 0.15) is 10.5 Å². The summed E-state index contributed by atoms with van der Waals surface area (Å²) in [6.07, 6.45) is 2.20. The van der Waals surface area contributed by atoms with Crippen molar-refractivity contribution in [3.8, 4) is 17.0 Å². The second-order valence-corrected chi connectivity index (χ2v) is 6.62. The third-order valence-corrected chi connectivity index (χ3v) is 4.52. The number of amides is 1. The Kier molecular flexibility index (Phi) is 6.93. The second kappa shape index (κ2) is 9.63. The lowest BCUT2D eigenvalue weighted by molar-refractivity contribution is 0.102. The fourth-order valence-corrected chi connectivity index (χ4v) is 2.86. The summed E-state index contributed by atoms with van der Waals surface area (Å²) in [5.41, 5.74) is 9.26. The minimum atomic E-state index is -1.09. The normalized spacial score (nSPS) is 11.8. The number of rotatable bonds is 7. The third kappa shape index (κ3) is 4.86. The van der Waals surface area contributed by atoms with Crippen LogP contribution in [0.3, 0.4) is 0 Å². The number of ether oxygens (including phenoxy) is 1. The Morgan fingerprint density at radius 1 is 1.19 bits per heavy atom. The summed E-state index contributed by atoms with van der Waals surface area (Å²) in [5.74, 6) is -3.71. The van der Waals surface area contributed by atoms with E-state index in [9.17, 15) is 18.0 Å². The van der Waals surface area contributed by atoms with Gasteiger partial charge < -0.3 is 21.5 Å². The van der Waals surface area contributed by atoms with Gasteiger partial charge in [-0.1, -0.05) is 6.07 Å². The molecule has 1 atom stereocenters. The van der Waals surface area contributed by atoms with E-state index < -0.39 is 46.4 Å². The average Bonchev–Trinajstić information content (AvgIpc) is 2.74. The highest BCUT2D eigenvalue weighted by Crippen LogP contribution is 2.30. The number of aromatic nitrogens is 2. The lowest BCUT2D eigenvalue weighted by atomic mass is 10.1. The van der Waals surface area contributed by atoms with Gasteiger partial charge in [0.1, 0.15) is 34.9 Å². The molecule has 7 nitrogen and oxygen atoms in total. The monoisotopic (exact) mass is 451 g/mol. The molecule has 0 saturated heterocycles. The number of nitrogens with two attached hydrogens (primary N) is 2. The molecule has 3 aromatic rings. The summed E-state index contributed by atoms with van der Waals surface area (Å²) in [4.78, 5) is 20.5. The number of anilines is 2. The molecule has 11 heteroatoms. The first-order valence-corrected chi connectivity index (χ1v) is 9.47. The van der Waals surface area contributed by atoms with Gasteiger partial charge in [0.05, 0.1) is 23.3 Å². The molecular formula is C20H17ClF3N5O2. The number of carbonyl (C=O) groups is 1. The van der Waals surface area contributed by atoms with Crippen LogP contribution in [-0.2, 0) is 0 Å². The Balaban J connectivity index is 1.97. The van der Waals surface area contributed by atoms with Gasteiger partial charge in [-0.05, 0) is 12.1 Å². The number of hydrogen-bond donors (Lipinski definition) is 3. The molecule has 1 aromatic carbocycles. The van der Waals surface area contributed by atoms with Crippen LogP contribution in [0.2, 0.25) is 0 Å². The molecule has 5 N–H and O–H groups in total. The number of nitrogens with zero attached hydrogens (tertiary/aromatic N) is 2. The minimum Gasteiger partial charge on any atom is -0.486 e. The van der Waals surface area contributed by atoms with Crippen molar-refractivity contribution in [2.45, 2.75) is 6.10 Å². The SMILES string of the molecule is NCC(CCl)Oc1ccncc1NC(=O)c1nc(-c2c(F)cccc2F)c(F)cc1N. The Labute approximate surface area is 180 Å². The number of benzene rings is 1. The van der Waals surface area contributed by atoms with Gasteiger partial charge in [-0.25, -0.2) is 18.2 Å². The molecule has 0 bridgehead atoms. The van der Waals surface area contributed by atoms with Gasteiger partial charge in [0.2, 0.25) is 0 Å². The van der Waals surface area contributed by atoms with Gasteiger partial charge in [-0.3, -0.25) is 9.78 Å². The molecule has 0 fully saturated rings. The maximum absolute atomic E-state index is 14.4. The molecule has 0 aliphatic rings. The zero-order valence-corrected chi connectivity index (χ0v) is 16.7. The van der Waals surface area contributed by atoms with E-state index in [2.05, 4.69) is 15.3 Å². The number of nitrogen functional groups attached to an aromatic ring is 1. The predicted octanol–water partition coefficient (Wildman–Crippen LogP) is 3.34. The van der Waals surface area contributed by atoms with Crippen LogP contribution in [0.25, 0.3) is 11.3 Å². The zero-order chi connectivity index (χ0) is 22.5. The minimum absolute atomic E-state index is 0.107. The molecule has 1 amide bonds. The maximum atomic E-state index is 14.4. The van der Waals surface area contributed by atoms with Crippen molar-refractivity contribution in [2.75, 3.05) is 23.5 Å². The fraction of sp³-hybridized carbons (Fsp3) is 0.150. The summed E-state index contributed by atoms with van der Waals surface area (Å²) in [6.45, 7) is 0.128. The first-order valence-electron chi connectivity index (χ1n) is 8.94. The van der Waals surface area contributed by atoms with Gasteiger partial charge in [0, 0.05) is 24.9 Å². The molecule has 0 aliphatic heterocycles. The Bertz CT molecular complexity index is 1090. The number of halogens is 4. The lowest BCUT2D eigenvalue weighted by Gasteiger charge is -2.17. The average molecular weight is 452 g/mol. The van der Waals surface area contributed by atoms with Gasteiger partial charge in [-0.15, -0.1) is 11.6 Å². The maximum Gasteiger partial charge on any atom is 0.276 e. The van der Waals surface area contributed by atoms with Crippen molar-refractivity contribution in [2.24, 2.45) is 5.73 Å².